The van der Waals surface area contributed by atoms with Crippen molar-refractivity contribution in [3.63, 3.8) is 0 Å². The Kier molecular flexibility index (Phi) is 6.98. The Morgan fingerprint density at radius 3 is 1.84 bits per heavy atom. The second-order valence-corrected chi connectivity index (χ2v) is 16.5. The predicted octanol–water partition coefficient (Wildman–Crippen LogP) is 15.0. The molecule has 0 spiro atoms. The molecule has 2 nitrogen and oxygen atoms in total. The SMILES string of the molecule is CC1(C)c2ccccc2-c2c(N(c3cccc(-c4cccc5c4C(C)(C)c4ccccc4-5)c3)c3ccccc3-c3ccc4oc5ccccc5c4c3)cccc21. The number of anilines is 3. The van der Waals surface area contributed by atoms with Gasteiger partial charge in [-0.1, -0.05) is 161 Å². The van der Waals surface area contributed by atoms with Crippen LogP contribution in [-0.2, 0) is 10.8 Å². The maximum Gasteiger partial charge on any atom is 0.135 e. The third-order valence-electron chi connectivity index (χ3n) is 12.7. The maximum atomic E-state index is 6.27. The normalized spacial score (nSPS) is 14.4. The highest BCUT2D eigenvalue weighted by atomic mass is 16.3. The van der Waals surface area contributed by atoms with E-state index in [-0.39, 0.29) is 10.8 Å². The standard InChI is InChI=1S/C54H41NO/c1-53(2)45-25-10-6-21-42(45)51-46(53)26-15-28-48(51)55(47-27-11-7-18-37(47)35-30-31-50-43(33-35)40-20-8-12-29-49(40)56-50)36-17-13-16-34(32-36)38-22-14-23-41-39-19-5-9-24-44(39)54(3,4)52(38)41/h5-33H,1-4H3. The van der Waals surface area contributed by atoms with Crippen molar-refractivity contribution in [2.45, 2.75) is 38.5 Å². The van der Waals surface area contributed by atoms with Crippen molar-refractivity contribution < 1.29 is 4.42 Å². The lowest BCUT2D eigenvalue weighted by atomic mass is 9.79. The summed E-state index contributed by atoms with van der Waals surface area (Å²) in [7, 11) is 0. The Morgan fingerprint density at radius 1 is 0.393 bits per heavy atom. The number of furan rings is 1. The molecule has 0 saturated heterocycles. The Balaban J connectivity index is 1.16. The number of fused-ring (bicyclic) bond motifs is 9. The van der Waals surface area contributed by atoms with Crippen LogP contribution < -0.4 is 4.90 Å². The van der Waals surface area contributed by atoms with Gasteiger partial charge in [0.1, 0.15) is 11.2 Å². The number of benzene rings is 8. The molecule has 2 aliphatic rings. The van der Waals surface area contributed by atoms with Gasteiger partial charge in [-0.2, -0.15) is 0 Å². The van der Waals surface area contributed by atoms with E-state index in [0.717, 1.165) is 44.4 Å². The fourth-order valence-electron chi connectivity index (χ4n) is 10.0. The van der Waals surface area contributed by atoms with Crippen LogP contribution >= 0.6 is 0 Å². The first-order chi connectivity index (χ1) is 27.3. The minimum absolute atomic E-state index is 0.129. The van der Waals surface area contributed by atoms with E-state index >= 15 is 0 Å². The molecule has 0 aliphatic heterocycles. The van der Waals surface area contributed by atoms with Gasteiger partial charge in [-0.05, 0) is 98.1 Å². The Hall–Kier alpha value is -6.64. The fraction of sp³-hybridized carbons (Fsp3) is 0.111. The molecule has 56 heavy (non-hydrogen) atoms. The molecule has 0 fully saturated rings. The molecule has 1 aromatic heterocycles. The molecule has 2 aliphatic carbocycles. The predicted molar refractivity (Wildman–Crippen MR) is 234 cm³/mol. The molecule has 11 rings (SSSR count). The van der Waals surface area contributed by atoms with E-state index in [9.17, 15) is 0 Å². The van der Waals surface area contributed by atoms with E-state index in [1.165, 1.54) is 61.3 Å². The molecule has 0 atom stereocenters. The zero-order valence-electron chi connectivity index (χ0n) is 32.1. The largest absolute Gasteiger partial charge is 0.456 e. The summed E-state index contributed by atoms with van der Waals surface area (Å²) in [6.07, 6.45) is 0. The van der Waals surface area contributed by atoms with Gasteiger partial charge in [-0.3, -0.25) is 0 Å². The molecule has 9 aromatic rings. The van der Waals surface area contributed by atoms with E-state index in [0.29, 0.717) is 0 Å². The summed E-state index contributed by atoms with van der Waals surface area (Å²) in [6, 6.07) is 64.6. The summed E-state index contributed by atoms with van der Waals surface area (Å²) >= 11 is 0. The Morgan fingerprint density at radius 2 is 0.982 bits per heavy atom. The van der Waals surface area contributed by atoms with Crippen LogP contribution in [-0.4, -0.2) is 0 Å². The molecule has 0 N–H and O–H groups in total. The summed E-state index contributed by atoms with van der Waals surface area (Å²) < 4.78 is 6.27. The average Bonchev–Trinajstić information content (AvgIpc) is 3.81. The van der Waals surface area contributed by atoms with Gasteiger partial charge in [0.25, 0.3) is 0 Å². The van der Waals surface area contributed by atoms with E-state index in [2.05, 4.69) is 202 Å². The first-order valence-electron chi connectivity index (χ1n) is 19.7. The van der Waals surface area contributed by atoms with Gasteiger partial charge in [0, 0.05) is 38.4 Å². The summed E-state index contributed by atoms with van der Waals surface area (Å²) in [4.78, 5) is 2.51. The van der Waals surface area contributed by atoms with Crippen molar-refractivity contribution in [3.8, 4) is 44.5 Å². The maximum absolute atomic E-state index is 6.27. The lowest BCUT2D eigenvalue weighted by molar-refractivity contribution is 0.660. The van der Waals surface area contributed by atoms with E-state index in [1.807, 2.05) is 6.07 Å². The van der Waals surface area contributed by atoms with E-state index in [4.69, 9.17) is 4.42 Å². The highest BCUT2D eigenvalue weighted by Gasteiger charge is 2.39. The van der Waals surface area contributed by atoms with Crippen LogP contribution in [0, 0.1) is 0 Å². The highest BCUT2D eigenvalue weighted by Crippen LogP contribution is 2.56. The minimum Gasteiger partial charge on any atom is -0.456 e. The third-order valence-corrected chi connectivity index (χ3v) is 12.7. The summed E-state index contributed by atoms with van der Waals surface area (Å²) in [5.41, 5.74) is 20.5. The van der Waals surface area contributed by atoms with Gasteiger partial charge in [0.2, 0.25) is 0 Å². The first-order valence-corrected chi connectivity index (χ1v) is 19.7. The lowest BCUT2D eigenvalue weighted by Gasteiger charge is -2.31. The number of nitrogens with zero attached hydrogens (tertiary/aromatic N) is 1. The highest BCUT2D eigenvalue weighted by molar-refractivity contribution is 6.07. The molecule has 0 bridgehead atoms. The van der Waals surface area contributed by atoms with Gasteiger partial charge in [0.15, 0.2) is 0 Å². The van der Waals surface area contributed by atoms with Crippen molar-refractivity contribution >= 4 is 39.0 Å². The van der Waals surface area contributed by atoms with Gasteiger partial charge >= 0.3 is 0 Å². The van der Waals surface area contributed by atoms with Crippen molar-refractivity contribution in [2.75, 3.05) is 4.90 Å². The van der Waals surface area contributed by atoms with Gasteiger partial charge in [-0.25, -0.2) is 0 Å². The zero-order valence-corrected chi connectivity index (χ0v) is 32.1. The van der Waals surface area contributed by atoms with Crippen LogP contribution in [0.5, 0.6) is 0 Å². The van der Waals surface area contributed by atoms with Gasteiger partial charge in [0.05, 0.1) is 11.4 Å². The van der Waals surface area contributed by atoms with Crippen LogP contribution in [0.2, 0.25) is 0 Å². The number of hydrogen-bond acceptors (Lipinski definition) is 2. The van der Waals surface area contributed by atoms with E-state index < -0.39 is 0 Å². The van der Waals surface area contributed by atoms with Crippen molar-refractivity contribution in [3.05, 3.63) is 198 Å². The lowest BCUT2D eigenvalue weighted by Crippen LogP contribution is -2.17. The summed E-state index contributed by atoms with van der Waals surface area (Å²) in [5, 5.41) is 2.26. The number of rotatable bonds is 5. The number of para-hydroxylation sites is 2. The van der Waals surface area contributed by atoms with Crippen molar-refractivity contribution in [1.82, 2.24) is 0 Å². The molecule has 0 amide bonds. The molecule has 268 valence electrons. The number of hydrogen-bond donors (Lipinski definition) is 0. The van der Waals surface area contributed by atoms with Crippen LogP contribution in [0.4, 0.5) is 17.1 Å². The second kappa shape index (κ2) is 11.9. The molecule has 0 radical (unpaired) electrons. The average molecular weight is 720 g/mol. The smallest absolute Gasteiger partial charge is 0.135 e. The van der Waals surface area contributed by atoms with Gasteiger partial charge < -0.3 is 9.32 Å². The van der Waals surface area contributed by atoms with E-state index in [1.54, 1.807) is 0 Å². The molecule has 0 saturated carbocycles. The minimum atomic E-state index is -0.131. The Bertz CT molecular complexity index is 3050. The molecule has 2 heteroatoms. The quantitative estimate of drug-likeness (QED) is 0.176. The van der Waals surface area contributed by atoms with Gasteiger partial charge in [-0.15, -0.1) is 0 Å². The Labute approximate surface area is 328 Å². The van der Waals surface area contributed by atoms with Crippen LogP contribution in [0.3, 0.4) is 0 Å². The fourth-order valence-corrected chi connectivity index (χ4v) is 10.0. The molecule has 1 heterocycles. The third kappa shape index (κ3) is 4.62. The zero-order chi connectivity index (χ0) is 37.8. The molecular formula is C54H41NO. The van der Waals surface area contributed by atoms with Crippen LogP contribution in [0.15, 0.2) is 180 Å². The second-order valence-electron chi connectivity index (χ2n) is 16.5. The topological polar surface area (TPSA) is 16.4 Å². The van der Waals surface area contributed by atoms with Crippen LogP contribution in [0.1, 0.15) is 49.9 Å². The molecule has 8 aromatic carbocycles. The van der Waals surface area contributed by atoms with Crippen molar-refractivity contribution in [1.29, 1.82) is 0 Å². The van der Waals surface area contributed by atoms with Crippen molar-refractivity contribution in [2.24, 2.45) is 0 Å². The van der Waals surface area contributed by atoms with Crippen LogP contribution in [0.25, 0.3) is 66.4 Å². The molecular weight excluding hydrogens is 679 g/mol. The monoisotopic (exact) mass is 719 g/mol. The summed E-state index contributed by atoms with van der Waals surface area (Å²) in [5.74, 6) is 0. The molecule has 0 unspecified atom stereocenters. The first kappa shape index (κ1) is 32.8. The summed E-state index contributed by atoms with van der Waals surface area (Å²) in [6.45, 7) is 9.47.